The molecule has 94 valence electrons. The highest BCUT2D eigenvalue weighted by atomic mass is 16.5. The third-order valence-electron chi connectivity index (χ3n) is 3.03. The first-order chi connectivity index (χ1) is 8.84. The summed E-state index contributed by atoms with van der Waals surface area (Å²) in [6.45, 7) is 1.92. The smallest absolute Gasteiger partial charge is 0.253 e. The molecule has 0 N–H and O–H groups in total. The van der Waals surface area contributed by atoms with Gasteiger partial charge in [0.1, 0.15) is 12.9 Å². The summed E-state index contributed by atoms with van der Waals surface area (Å²) in [5, 5.41) is 0. The van der Waals surface area contributed by atoms with E-state index in [1.54, 1.807) is 11.2 Å². The number of rotatable bonds is 2. The highest BCUT2D eigenvalue weighted by Gasteiger charge is 2.20. The first-order valence-corrected chi connectivity index (χ1v) is 5.88. The number of hydrogen-bond acceptors (Lipinski definition) is 4. The SMILES string of the molecule is O=C1COCCN1c1ccc(N2C=COC2)cc1. The number of morpholine rings is 1. The summed E-state index contributed by atoms with van der Waals surface area (Å²) >= 11 is 0. The van der Waals surface area contributed by atoms with Crippen LogP contribution in [-0.4, -0.2) is 32.4 Å². The third-order valence-corrected chi connectivity index (χ3v) is 3.03. The molecular formula is C13H14N2O3. The molecule has 2 heterocycles. The van der Waals surface area contributed by atoms with E-state index in [0.717, 1.165) is 11.4 Å². The molecular weight excluding hydrogens is 232 g/mol. The van der Waals surface area contributed by atoms with Crippen LogP contribution in [0.5, 0.6) is 0 Å². The summed E-state index contributed by atoms with van der Waals surface area (Å²) in [5.41, 5.74) is 1.96. The van der Waals surface area contributed by atoms with Gasteiger partial charge in [0.2, 0.25) is 0 Å². The summed E-state index contributed by atoms with van der Waals surface area (Å²) in [5.74, 6) is 0.0124. The Morgan fingerprint density at radius 1 is 1.11 bits per heavy atom. The van der Waals surface area contributed by atoms with Crippen molar-refractivity contribution in [3.8, 4) is 0 Å². The molecule has 3 rings (SSSR count). The van der Waals surface area contributed by atoms with Crippen LogP contribution in [0.15, 0.2) is 36.7 Å². The molecule has 0 bridgehead atoms. The van der Waals surface area contributed by atoms with E-state index in [2.05, 4.69) is 0 Å². The highest BCUT2D eigenvalue weighted by molar-refractivity contribution is 5.95. The molecule has 1 aromatic carbocycles. The maximum absolute atomic E-state index is 11.7. The number of amides is 1. The maximum Gasteiger partial charge on any atom is 0.253 e. The molecule has 0 radical (unpaired) electrons. The molecule has 1 saturated heterocycles. The lowest BCUT2D eigenvalue weighted by atomic mass is 10.2. The Kier molecular flexibility index (Phi) is 2.90. The molecule has 0 saturated carbocycles. The predicted molar refractivity (Wildman–Crippen MR) is 67.2 cm³/mol. The predicted octanol–water partition coefficient (Wildman–Crippen LogP) is 1.32. The fourth-order valence-corrected chi connectivity index (χ4v) is 2.06. The van der Waals surface area contributed by atoms with Gasteiger partial charge in [0.25, 0.3) is 5.91 Å². The second-order valence-electron chi connectivity index (χ2n) is 4.17. The minimum Gasteiger partial charge on any atom is -0.479 e. The molecule has 1 amide bonds. The van der Waals surface area contributed by atoms with Crippen LogP contribution < -0.4 is 9.80 Å². The van der Waals surface area contributed by atoms with E-state index in [1.165, 1.54) is 0 Å². The number of hydrogen-bond donors (Lipinski definition) is 0. The molecule has 5 nitrogen and oxygen atoms in total. The van der Waals surface area contributed by atoms with E-state index in [0.29, 0.717) is 19.9 Å². The van der Waals surface area contributed by atoms with E-state index in [-0.39, 0.29) is 12.5 Å². The zero-order valence-corrected chi connectivity index (χ0v) is 9.91. The summed E-state index contributed by atoms with van der Waals surface area (Å²) in [6.07, 6.45) is 3.55. The molecule has 18 heavy (non-hydrogen) atoms. The highest BCUT2D eigenvalue weighted by Crippen LogP contribution is 2.23. The lowest BCUT2D eigenvalue weighted by molar-refractivity contribution is -0.125. The number of benzene rings is 1. The van der Waals surface area contributed by atoms with Crippen molar-refractivity contribution < 1.29 is 14.3 Å². The zero-order valence-electron chi connectivity index (χ0n) is 9.91. The van der Waals surface area contributed by atoms with E-state index in [1.807, 2.05) is 35.4 Å². The van der Waals surface area contributed by atoms with E-state index in [4.69, 9.17) is 9.47 Å². The summed E-state index contributed by atoms with van der Waals surface area (Å²) in [7, 11) is 0. The maximum atomic E-state index is 11.7. The molecule has 2 aliphatic rings. The number of carbonyl (C=O) groups excluding carboxylic acids is 1. The minimum absolute atomic E-state index is 0.0124. The molecule has 0 aromatic heterocycles. The Morgan fingerprint density at radius 2 is 1.89 bits per heavy atom. The Balaban J connectivity index is 1.77. The van der Waals surface area contributed by atoms with Crippen LogP contribution in [0.1, 0.15) is 0 Å². The Hall–Kier alpha value is -2.01. The first kappa shape index (κ1) is 11.1. The molecule has 2 aliphatic heterocycles. The van der Waals surface area contributed by atoms with Crippen LogP contribution in [0, 0.1) is 0 Å². The molecule has 1 fully saturated rings. The third kappa shape index (κ3) is 2.04. The van der Waals surface area contributed by atoms with Crippen LogP contribution in [0.2, 0.25) is 0 Å². The fraction of sp³-hybridized carbons (Fsp3) is 0.308. The number of carbonyl (C=O) groups is 1. The van der Waals surface area contributed by atoms with Gasteiger partial charge in [-0.05, 0) is 24.3 Å². The number of ether oxygens (including phenoxy) is 2. The average Bonchev–Trinajstić information content (AvgIpc) is 2.94. The van der Waals surface area contributed by atoms with Gasteiger partial charge in [-0.1, -0.05) is 0 Å². The van der Waals surface area contributed by atoms with Gasteiger partial charge in [0, 0.05) is 24.1 Å². The molecule has 0 spiro atoms. The Bertz CT molecular complexity index is 470. The van der Waals surface area contributed by atoms with Gasteiger partial charge in [-0.15, -0.1) is 0 Å². The topological polar surface area (TPSA) is 42.0 Å². The van der Waals surface area contributed by atoms with Gasteiger partial charge in [0.05, 0.1) is 6.61 Å². The lowest BCUT2D eigenvalue weighted by Crippen LogP contribution is -2.41. The summed E-state index contributed by atoms with van der Waals surface area (Å²) in [6, 6.07) is 7.86. The van der Waals surface area contributed by atoms with Crippen molar-refractivity contribution in [2.24, 2.45) is 0 Å². The second-order valence-corrected chi connectivity index (χ2v) is 4.17. The molecule has 0 aliphatic carbocycles. The van der Waals surface area contributed by atoms with Crippen LogP contribution in [0.4, 0.5) is 11.4 Å². The second kappa shape index (κ2) is 4.70. The van der Waals surface area contributed by atoms with Crippen molar-refractivity contribution in [1.29, 1.82) is 0 Å². The van der Waals surface area contributed by atoms with Crippen LogP contribution in [0.3, 0.4) is 0 Å². The van der Waals surface area contributed by atoms with Gasteiger partial charge in [0.15, 0.2) is 6.73 Å². The summed E-state index contributed by atoms with van der Waals surface area (Å²) in [4.78, 5) is 15.4. The van der Waals surface area contributed by atoms with Crippen molar-refractivity contribution in [2.45, 2.75) is 0 Å². The fourth-order valence-electron chi connectivity index (χ4n) is 2.06. The van der Waals surface area contributed by atoms with Crippen LogP contribution in [-0.2, 0) is 14.3 Å². The Labute approximate surface area is 105 Å². The molecule has 5 heteroatoms. The van der Waals surface area contributed by atoms with E-state index < -0.39 is 0 Å². The summed E-state index contributed by atoms with van der Waals surface area (Å²) < 4.78 is 10.3. The van der Waals surface area contributed by atoms with Gasteiger partial charge in [-0.25, -0.2) is 0 Å². The zero-order chi connectivity index (χ0) is 12.4. The molecule has 0 unspecified atom stereocenters. The average molecular weight is 246 g/mol. The van der Waals surface area contributed by atoms with Crippen molar-refractivity contribution in [1.82, 2.24) is 0 Å². The van der Waals surface area contributed by atoms with Gasteiger partial charge in [-0.2, -0.15) is 0 Å². The minimum atomic E-state index is 0.0124. The van der Waals surface area contributed by atoms with Gasteiger partial charge in [-0.3, -0.25) is 4.79 Å². The largest absolute Gasteiger partial charge is 0.479 e. The van der Waals surface area contributed by atoms with E-state index >= 15 is 0 Å². The van der Waals surface area contributed by atoms with Crippen LogP contribution in [0.25, 0.3) is 0 Å². The monoisotopic (exact) mass is 246 g/mol. The number of nitrogens with zero attached hydrogens (tertiary/aromatic N) is 2. The molecule has 0 atom stereocenters. The Morgan fingerprint density at radius 3 is 2.56 bits per heavy atom. The lowest BCUT2D eigenvalue weighted by Gasteiger charge is -2.27. The first-order valence-electron chi connectivity index (χ1n) is 5.88. The van der Waals surface area contributed by atoms with Gasteiger partial charge < -0.3 is 19.3 Å². The van der Waals surface area contributed by atoms with Crippen molar-refractivity contribution in [3.63, 3.8) is 0 Å². The van der Waals surface area contributed by atoms with Gasteiger partial charge >= 0.3 is 0 Å². The quantitative estimate of drug-likeness (QED) is 0.789. The molecule has 1 aromatic rings. The van der Waals surface area contributed by atoms with E-state index in [9.17, 15) is 4.79 Å². The van der Waals surface area contributed by atoms with Crippen LogP contribution >= 0.6 is 0 Å². The van der Waals surface area contributed by atoms with Crippen molar-refractivity contribution in [3.05, 3.63) is 36.7 Å². The normalized spacial score (nSPS) is 19.2. The van der Waals surface area contributed by atoms with Crippen molar-refractivity contribution in [2.75, 3.05) is 36.3 Å². The number of anilines is 2. The van der Waals surface area contributed by atoms with Crippen molar-refractivity contribution >= 4 is 17.3 Å². The standard InChI is InChI=1S/C13H14N2O3/c16-13-9-17-8-6-15(13)12-3-1-11(2-4-12)14-5-7-18-10-14/h1-5,7H,6,8-10H2.